The molecule has 1 aromatic heterocycles. The number of hydrogen-bond donors (Lipinski definition) is 0. The first-order chi connectivity index (χ1) is 30.7. The zero-order valence-corrected chi connectivity index (χ0v) is 34.7. The van der Waals surface area contributed by atoms with Gasteiger partial charge in [-0.05, 0) is 154 Å². The Labute approximate surface area is 363 Å². The van der Waals surface area contributed by atoms with E-state index in [1.165, 1.54) is 110 Å². The molecule has 6 aliphatic rings. The second-order valence-corrected chi connectivity index (χ2v) is 19.7. The van der Waals surface area contributed by atoms with Crippen LogP contribution in [-0.2, 0) is 10.8 Å². The first-order valence-corrected chi connectivity index (χ1v) is 23.1. The van der Waals surface area contributed by atoms with Gasteiger partial charge in [0.25, 0.3) is 0 Å². The summed E-state index contributed by atoms with van der Waals surface area (Å²) >= 11 is 0. The lowest BCUT2D eigenvalue weighted by Crippen LogP contribution is -2.52. The van der Waals surface area contributed by atoms with Gasteiger partial charge in [-0.3, -0.25) is 0 Å². The molecule has 1 unspecified atom stereocenters. The van der Waals surface area contributed by atoms with E-state index in [9.17, 15) is 0 Å². The standard InChI is InChI=1S/C60H46N2/c1-3-15-39(16-4-1)59(40-17-5-2-6-18-40)49-21-9-7-19-45(49)47-34-43(27-29-50(47)59)61-53-24-12-8-20-46(53)48-35-44(28-30-54(48)61)62-55-25-13-10-22-51(55)60(52-23-11-14-26-56(52)62)42-32-38-31-41-33-57(60)58(41,36-38)37-42/h1-30,34-35,38,41-42,57H,31-33,36-37H2/t38-,41-,42?,57-,58-/m1/s1. The number of aromatic nitrogens is 1. The van der Waals surface area contributed by atoms with Gasteiger partial charge in [0.2, 0.25) is 0 Å². The number of rotatable bonds is 4. The van der Waals surface area contributed by atoms with E-state index in [0.29, 0.717) is 5.41 Å². The van der Waals surface area contributed by atoms with Gasteiger partial charge in [-0.1, -0.05) is 146 Å². The molecule has 5 atom stereocenters. The summed E-state index contributed by atoms with van der Waals surface area (Å²) in [7, 11) is 0. The van der Waals surface area contributed by atoms with E-state index in [0.717, 1.165) is 23.7 Å². The van der Waals surface area contributed by atoms with Crippen LogP contribution in [0.2, 0.25) is 0 Å². The Morgan fingerprint density at radius 3 is 1.77 bits per heavy atom. The van der Waals surface area contributed by atoms with Gasteiger partial charge in [0.05, 0.1) is 27.8 Å². The van der Waals surface area contributed by atoms with Crippen LogP contribution in [0.4, 0.5) is 17.1 Å². The third-order valence-electron chi connectivity index (χ3n) is 17.5. The van der Waals surface area contributed by atoms with E-state index < -0.39 is 5.41 Å². The van der Waals surface area contributed by atoms with Crippen LogP contribution in [0.25, 0.3) is 38.6 Å². The molecule has 15 rings (SSSR count). The minimum absolute atomic E-state index is 0.111. The lowest BCUT2D eigenvalue weighted by molar-refractivity contribution is -0.0202. The molecule has 0 N–H and O–H groups in total. The molecule has 4 fully saturated rings. The molecule has 2 heterocycles. The van der Waals surface area contributed by atoms with Crippen molar-refractivity contribution in [3.05, 3.63) is 228 Å². The van der Waals surface area contributed by atoms with E-state index >= 15 is 0 Å². The van der Waals surface area contributed by atoms with Gasteiger partial charge in [-0.25, -0.2) is 0 Å². The van der Waals surface area contributed by atoms with Gasteiger partial charge in [0, 0.05) is 27.6 Å². The fourth-order valence-electron chi connectivity index (χ4n) is 15.7. The maximum atomic E-state index is 2.62. The average molecular weight is 795 g/mol. The number of anilines is 3. The van der Waals surface area contributed by atoms with E-state index in [1.54, 1.807) is 11.1 Å². The van der Waals surface area contributed by atoms with E-state index in [-0.39, 0.29) is 5.41 Å². The maximum Gasteiger partial charge on any atom is 0.0713 e. The van der Waals surface area contributed by atoms with Gasteiger partial charge in [0.15, 0.2) is 0 Å². The van der Waals surface area contributed by atoms with Crippen molar-refractivity contribution >= 4 is 38.9 Å². The van der Waals surface area contributed by atoms with Crippen molar-refractivity contribution in [3.63, 3.8) is 0 Å². The van der Waals surface area contributed by atoms with Gasteiger partial charge in [-0.2, -0.15) is 0 Å². The summed E-state index contributed by atoms with van der Waals surface area (Å²) in [6.07, 6.45) is 7.21. The molecular weight excluding hydrogens is 749 g/mol. The van der Waals surface area contributed by atoms with E-state index in [1.807, 2.05) is 0 Å². The Balaban J connectivity index is 0.921. The minimum atomic E-state index is -0.418. The maximum absolute atomic E-state index is 2.62. The van der Waals surface area contributed by atoms with Crippen LogP contribution in [0.3, 0.4) is 0 Å². The summed E-state index contributed by atoms with van der Waals surface area (Å²) in [6.45, 7) is 0. The van der Waals surface area contributed by atoms with Crippen LogP contribution in [0.5, 0.6) is 0 Å². The third kappa shape index (κ3) is 3.91. The number of nitrogens with zero attached hydrogens (tertiary/aromatic N) is 2. The monoisotopic (exact) mass is 794 g/mol. The number of benzene rings is 8. The second kappa shape index (κ2) is 11.8. The Morgan fingerprint density at radius 1 is 0.419 bits per heavy atom. The molecule has 1 aliphatic heterocycles. The fourth-order valence-corrected chi connectivity index (χ4v) is 15.7. The molecule has 0 radical (unpaired) electrons. The van der Waals surface area contributed by atoms with Gasteiger partial charge in [-0.15, -0.1) is 0 Å². The Hall–Kier alpha value is -6.64. The summed E-state index contributed by atoms with van der Waals surface area (Å²) in [5.41, 5.74) is 18.9. The van der Waals surface area contributed by atoms with Crippen molar-refractivity contribution in [2.75, 3.05) is 4.90 Å². The number of fused-ring (bicyclic) bond motifs is 14. The van der Waals surface area contributed by atoms with Crippen LogP contribution in [-0.4, -0.2) is 4.57 Å². The highest BCUT2D eigenvalue weighted by molar-refractivity contribution is 6.11. The average Bonchev–Trinajstić information content (AvgIpc) is 3.93. The smallest absolute Gasteiger partial charge is 0.0713 e. The van der Waals surface area contributed by atoms with E-state index in [4.69, 9.17) is 0 Å². The number of para-hydroxylation sites is 3. The van der Waals surface area contributed by atoms with E-state index in [2.05, 4.69) is 204 Å². The molecule has 0 amide bonds. The van der Waals surface area contributed by atoms with Crippen molar-refractivity contribution in [2.45, 2.75) is 42.9 Å². The molecule has 2 heteroatoms. The normalized spacial score (nSPS) is 24.7. The molecule has 296 valence electrons. The van der Waals surface area contributed by atoms with Crippen LogP contribution >= 0.6 is 0 Å². The van der Waals surface area contributed by atoms with Crippen LogP contribution in [0, 0.1) is 29.1 Å². The lowest BCUT2D eigenvalue weighted by Gasteiger charge is -2.57. The predicted molar refractivity (Wildman–Crippen MR) is 253 cm³/mol. The molecule has 62 heavy (non-hydrogen) atoms. The van der Waals surface area contributed by atoms with Crippen molar-refractivity contribution in [3.8, 4) is 16.8 Å². The number of hydrogen-bond acceptors (Lipinski definition) is 1. The summed E-state index contributed by atoms with van der Waals surface area (Å²) < 4.78 is 2.51. The fraction of sp³-hybridized carbons (Fsp3) is 0.200. The molecule has 3 bridgehead atoms. The van der Waals surface area contributed by atoms with Crippen molar-refractivity contribution in [2.24, 2.45) is 29.1 Å². The third-order valence-corrected chi connectivity index (χ3v) is 17.5. The summed E-state index contributed by atoms with van der Waals surface area (Å²) in [5.74, 6) is 3.37. The largest absolute Gasteiger partial charge is 0.310 e. The molecule has 2 spiro atoms. The van der Waals surface area contributed by atoms with Crippen LogP contribution < -0.4 is 4.90 Å². The highest BCUT2D eigenvalue weighted by Gasteiger charge is 2.76. The quantitative estimate of drug-likeness (QED) is 0.172. The van der Waals surface area contributed by atoms with Crippen molar-refractivity contribution < 1.29 is 0 Å². The SMILES string of the molecule is c1ccc(C2(c3ccccc3)c3ccccc3-c3cc(-n4c5ccccc5c5cc(N6c7ccccc7C7(c8ccccc86)C6C[C@H]8C[C@@H]9C[C@@H]7[C@@]9(C6)C8)ccc54)ccc32)cc1. The summed E-state index contributed by atoms with van der Waals surface area (Å²) in [5, 5.41) is 2.57. The molecular formula is C60H46N2. The zero-order chi connectivity index (χ0) is 40.4. The molecule has 5 aliphatic carbocycles. The Morgan fingerprint density at radius 2 is 1.02 bits per heavy atom. The molecule has 2 nitrogen and oxygen atoms in total. The molecule has 4 saturated carbocycles. The lowest BCUT2D eigenvalue weighted by atomic mass is 9.48. The molecule has 8 aromatic carbocycles. The Bertz CT molecular complexity index is 3250. The summed E-state index contributed by atoms with van der Waals surface area (Å²) in [6, 6.07) is 74.0. The zero-order valence-electron chi connectivity index (χ0n) is 34.7. The second-order valence-electron chi connectivity index (χ2n) is 19.7. The summed E-state index contributed by atoms with van der Waals surface area (Å²) in [4.78, 5) is 2.62. The van der Waals surface area contributed by atoms with Crippen molar-refractivity contribution in [1.29, 1.82) is 0 Å². The van der Waals surface area contributed by atoms with Crippen molar-refractivity contribution in [1.82, 2.24) is 4.57 Å². The van der Waals surface area contributed by atoms with Crippen LogP contribution in [0.15, 0.2) is 194 Å². The first kappa shape index (κ1) is 34.0. The van der Waals surface area contributed by atoms with Gasteiger partial charge < -0.3 is 9.47 Å². The molecule has 0 saturated heterocycles. The minimum Gasteiger partial charge on any atom is -0.310 e. The predicted octanol–water partition coefficient (Wildman–Crippen LogP) is 14.7. The highest BCUT2D eigenvalue weighted by Crippen LogP contribution is 2.83. The Kier molecular flexibility index (Phi) is 6.49. The molecule has 9 aromatic rings. The topological polar surface area (TPSA) is 8.17 Å². The van der Waals surface area contributed by atoms with Gasteiger partial charge in [0.1, 0.15) is 0 Å². The highest BCUT2D eigenvalue weighted by atomic mass is 15.2. The van der Waals surface area contributed by atoms with Crippen LogP contribution in [0.1, 0.15) is 65.5 Å². The van der Waals surface area contributed by atoms with Gasteiger partial charge >= 0.3 is 0 Å². The first-order valence-electron chi connectivity index (χ1n) is 23.1.